The van der Waals surface area contributed by atoms with Gasteiger partial charge in [0.2, 0.25) is 0 Å². The van der Waals surface area contributed by atoms with Crippen LogP contribution in [0.1, 0.15) is 22.3 Å². The zero-order valence-electron chi connectivity index (χ0n) is 13.3. The fraction of sp³-hybridized carbons (Fsp3) is 0.182. The fourth-order valence-corrected chi connectivity index (χ4v) is 3.37. The van der Waals surface area contributed by atoms with Crippen LogP contribution in [0, 0.1) is 0 Å². The summed E-state index contributed by atoms with van der Waals surface area (Å²) in [5.74, 6) is 0. The maximum Gasteiger partial charge on any atom is 0.0314 e. The molecular weight excluding hydrogens is 278 g/mol. The average molecular weight is 299 g/mol. The summed E-state index contributed by atoms with van der Waals surface area (Å²) in [4.78, 5) is 0. The van der Waals surface area contributed by atoms with Crippen molar-refractivity contribution < 1.29 is 0 Å². The number of nitrogen functional groups attached to an aromatic ring is 1. The maximum atomic E-state index is 5.85. The van der Waals surface area contributed by atoms with Crippen LogP contribution in [0.5, 0.6) is 0 Å². The molecule has 1 nitrogen and oxygen atoms in total. The topological polar surface area (TPSA) is 26.0 Å². The molecule has 2 N–H and O–H groups in total. The minimum Gasteiger partial charge on any atom is -0.399 e. The number of nitrogens with two attached hydrogens (primary N) is 1. The first-order chi connectivity index (χ1) is 11.3. The molecule has 0 spiro atoms. The number of anilines is 1. The lowest BCUT2D eigenvalue weighted by molar-refractivity contribution is 0.923. The van der Waals surface area contributed by atoms with Crippen LogP contribution in [-0.4, -0.2) is 0 Å². The smallest absolute Gasteiger partial charge is 0.0314 e. The third kappa shape index (κ3) is 3.00. The van der Waals surface area contributed by atoms with Crippen LogP contribution >= 0.6 is 0 Å². The molecule has 0 fully saturated rings. The van der Waals surface area contributed by atoms with E-state index >= 15 is 0 Å². The number of rotatable bonds is 1. The largest absolute Gasteiger partial charge is 0.399 e. The first-order valence-corrected chi connectivity index (χ1v) is 8.33. The van der Waals surface area contributed by atoms with E-state index in [-0.39, 0.29) is 0 Å². The van der Waals surface area contributed by atoms with Gasteiger partial charge in [-0.05, 0) is 71.2 Å². The van der Waals surface area contributed by atoms with Gasteiger partial charge in [0.15, 0.2) is 0 Å². The molecule has 7 rings (SSSR count). The normalized spacial score (nSPS) is 13.6. The monoisotopic (exact) mass is 299 g/mol. The van der Waals surface area contributed by atoms with Gasteiger partial charge in [-0.15, -0.1) is 0 Å². The highest BCUT2D eigenvalue weighted by molar-refractivity contribution is 5.70. The van der Waals surface area contributed by atoms with E-state index in [4.69, 9.17) is 5.73 Å². The molecular formula is C22H21N. The van der Waals surface area contributed by atoms with Crippen molar-refractivity contribution in [3.63, 3.8) is 0 Å². The molecule has 4 bridgehead atoms. The Labute approximate surface area is 137 Å². The first kappa shape index (κ1) is 14.1. The molecule has 0 saturated carbocycles. The van der Waals surface area contributed by atoms with E-state index in [0.717, 1.165) is 31.4 Å². The predicted molar refractivity (Wildman–Crippen MR) is 97.5 cm³/mol. The van der Waals surface area contributed by atoms with E-state index in [1.165, 1.54) is 33.4 Å². The predicted octanol–water partition coefficient (Wildman–Crippen LogP) is 4.82. The maximum absolute atomic E-state index is 5.85. The Balaban J connectivity index is 1.78. The molecule has 0 amide bonds. The van der Waals surface area contributed by atoms with Gasteiger partial charge >= 0.3 is 0 Å². The Kier molecular flexibility index (Phi) is 3.63. The number of aryl methyl sites for hydroxylation is 4. The van der Waals surface area contributed by atoms with Gasteiger partial charge in [-0.1, -0.05) is 54.6 Å². The standard InChI is InChI=1S/C22H21N/c23-21-13-11-20(12-14-21)22-15-18-6-5-16-1-3-17(4-2-16)7-9-19(22)10-8-18/h1-4,8,10-15H,5-7,9,23H2. The van der Waals surface area contributed by atoms with Gasteiger partial charge in [-0.2, -0.15) is 0 Å². The molecule has 0 aromatic heterocycles. The van der Waals surface area contributed by atoms with Crippen molar-refractivity contribution in [2.45, 2.75) is 25.7 Å². The lowest BCUT2D eigenvalue weighted by Crippen LogP contribution is -2.00. The summed E-state index contributed by atoms with van der Waals surface area (Å²) < 4.78 is 0. The van der Waals surface area contributed by atoms with Gasteiger partial charge in [0, 0.05) is 5.69 Å². The van der Waals surface area contributed by atoms with Crippen LogP contribution in [0.2, 0.25) is 0 Å². The highest BCUT2D eigenvalue weighted by Gasteiger charge is 2.09. The zero-order chi connectivity index (χ0) is 15.6. The summed E-state index contributed by atoms with van der Waals surface area (Å²) in [6.07, 6.45) is 4.34. The first-order valence-electron chi connectivity index (χ1n) is 8.33. The van der Waals surface area contributed by atoms with Crippen molar-refractivity contribution in [1.82, 2.24) is 0 Å². The van der Waals surface area contributed by atoms with Gasteiger partial charge in [-0.25, -0.2) is 0 Å². The van der Waals surface area contributed by atoms with E-state index < -0.39 is 0 Å². The molecule has 114 valence electrons. The van der Waals surface area contributed by atoms with E-state index in [1.807, 2.05) is 12.1 Å². The minimum atomic E-state index is 0.820. The molecule has 1 heteroatoms. The molecule has 3 aromatic rings. The quantitative estimate of drug-likeness (QED) is 0.641. The van der Waals surface area contributed by atoms with Gasteiger partial charge < -0.3 is 5.73 Å². The molecule has 0 heterocycles. The Morgan fingerprint density at radius 1 is 0.565 bits per heavy atom. The summed E-state index contributed by atoms with van der Waals surface area (Å²) >= 11 is 0. The SMILES string of the molecule is Nc1ccc(-c2cc3ccc2CCc2ccc(cc2)CC3)cc1. The molecule has 4 aliphatic rings. The number of benzene rings is 3. The summed E-state index contributed by atoms with van der Waals surface area (Å²) in [6.45, 7) is 0. The zero-order valence-corrected chi connectivity index (χ0v) is 13.3. The molecule has 0 atom stereocenters. The van der Waals surface area contributed by atoms with E-state index in [0.29, 0.717) is 0 Å². The van der Waals surface area contributed by atoms with Crippen LogP contribution < -0.4 is 5.73 Å². The number of hydrogen-bond donors (Lipinski definition) is 1. The second kappa shape index (κ2) is 5.92. The van der Waals surface area contributed by atoms with Crippen molar-refractivity contribution in [2.24, 2.45) is 0 Å². The van der Waals surface area contributed by atoms with Crippen molar-refractivity contribution in [2.75, 3.05) is 5.73 Å². The van der Waals surface area contributed by atoms with Gasteiger partial charge in [0.25, 0.3) is 0 Å². The Morgan fingerprint density at radius 2 is 1.13 bits per heavy atom. The van der Waals surface area contributed by atoms with Crippen LogP contribution in [0.15, 0.2) is 66.7 Å². The summed E-state index contributed by atoms with van der Waals surface area (Å²) in [6, 6.07) is 24.4. The van der Waals surface area contributed by atoms with Crippen LogP contribution in [-0.2, 0) is 25.7 Å². The second-order valence-electron chi connectivity index (χ2n) is 6.43. The van der Waals surface area contributed by atoms with Gasteiger partial charge in [0.1, 0.15) is 0 Å². The van der Waals surface area contributed by atoms with Crippen molar-refractivity contribution in [3.05, 3.63) is 89.0 Å². The summed E-state index contributed by atoms with van der Waals surface area (Å²) in [5, 5.41) is 0. The minimum absolute atomic E-state index is 0.820. The van der Waals surface area contributed by atoms with Crippen LogP contribution in [0.25, 0.3) is 11.1 Å². The lowest BCUT2D eigenvalue weighted by Gasteiger charge is -2.15. The highest BCUT2D eigenvalue weighted by Crippen LogP contribution is 2.28. The van der Waals surface area contributed by atoms with Crippen molar-refractivity contribution in [1.29, 1.82) is 0 Å². The van der Waals surface area contributed by atoms with E-state index in [1.54, 1.807) is 0 Å². The highest BCUT2D eigenvalue weighted by atomic mass is 14.5. The van der Waals surface area contributed by atoms with Crippen molar-refractivity contribution >= 4 is 5.69 Å². The van der Waals surface area contributed by atoms with Crippen LogP contribution in [0.3, 0.4) is 0 Å². The van der Waals surface area contributed by atoms with E-state index in [9.17, 15) is 0 Å². The molecule has 23 heavy (non-hydrogen) atoms. The Morgan fingerprint density at radius 3 is 1.83 bits per heavy atom. The van der Waals surface area contributed by atoms with Gasteiger partial charge in [0.05, 0.1) is 0 Å². The Bertz CT molecular complexity index is 814. The number of hydrogen-bond acceptors (Lipinski definition) is 1. The van der Waals surface area contributed by atoms with Crippen molar-refractivity contribution in [3.8, 4) is 11.1 Å². The van der Waals surface area contributed by atoms with Gasteiger partial charge in [-0.3, -0.25) is 0 Å². The molecule has 4 aliphatic carbocycles. The van der Waals surface area contributed by atoms with Crippen LogP contribution in [0.4, 0.5) is 5.69 Å². The molecule has 0 unspecified atom stereocenters. The lowest BCUT2D eigenvalue weighted by atomic mass is 9.90. The third-order valence-corrected chi connectivity index (χ3v) is 4.80. The summed E-state index contributed by atoms with van der Waals surface area (Å²) in [7, 11) is 0. The molecule has 0 aliphatic heterocycles. The Hall–Kier alpha value is -2.54. The fourth-order valence-electron chi connectivity index (χ4n) is 3.37. The summed E-state index contributed by atoms with van der Waals surface area (Å²) in [5.41, 5.74) is 15.0. The third-order valence-electron chi connectivity index (χ3n) is 4.80. The van der Waals surface area contributed by atoms with E-state index in [2.05, 4.69) is 54.6 Å². The molecule has 3 aromatic carbocycles. The molecule has 0 saturated heterocycles. The second-order valence-corrected chi connectivity index (χ2v) is 6.43. The molecule has 0 radical (unpaired) electrons. The average Bonchev–Trinajstić information content (AvgIpc) is 2.58.